The first-order chi connectivity index (χ1) is 12.7. The van der Waals surface area contributed by atoms with Gasteiger partial charge in [-0.1, -0.05) is 18.2 Å². The summed E-state index contributed by atoms with van der Waals surface area (Å²) in [5.74, 6) is 0.0131. The highest BCUT2D eigenvalue weighted by atomic mass is 19.1. The third kappa shape index (κ3) is 3.52. The second-order valence-electron chi connectivity index (χ2n) is 6.96. The van der Waals surface area contributed by atoms with Crippen molar-refractivity contribution in [3.63, 3.8) is 0 Å². The van der Waals surface area contributed by atoms with Crippen LogP contribution in [0.3, 0.4) is 0 Å². The zero-order valence-electron chi connectivity index (χ0n) is 14.9. The predicted molar refractivity (Wildman–Crippen MR) is 102 cm³/mol. The first-order valence-corrected chi connectivity index (χ1v) is 9.32. The molecule has 136 valence electrons. The molecule has 0 atom stereocenters. The molecule has 1 amide bonds. The summed E-state index contributed by atoms with van der Waals surface area (Å²) in [5.41, 5.74) is 3.68. The predicted octanol–water partition coefficient (Wildman–Crippen LogP) is 2.93. The van der Waals surface area contributed by atoms with Crippen LogP contribution in [0.4, 0.5) is 15.8 Å². The Hall–Kier alpha value is -2.56. The monoisotopic (exact) mass is 353 g/mol. The normalized spacial score (nSPS) is 16.7. The lowest BCUT2D eigenvalue weighted by Crippen LogP contribution is -2.49. The van der Waals surface area contributed by atoms with Crippen LogP contribution in [0.5, 0.6) is 0 Å². The van der Waals surface area contributed by atoms with Crippen molar-refractivity contribution in [3.8, 4) is 0 Å². The second kappa shape index (κ2) is 7.36. The summed E-state index contributed by atoms with van der Waals surface area (Å²) in [7, 11) is 0. The van der Waals surface area contributed by atoms with Crippen LogP contribution in [0.2, 0.25) is 0 Å². The maximum Gasteiger partial charge on any atom is 0.224 e. The summed E-state index contributed by atoms with van der Waals surface area (Å²) < 4.78 is 13.1. The lowest BCUT2D eigenvalue weighted by Gasteiger charge is -2.36. The van der Waals surface area contributed by atoms with E-state index in [1.807, 2.05) is 4.90 Å². The molecular formula is C21H24FN3O. The van der Waals surface area contributed by atoms with E-state index in [4.69, 9.17) is 0 Å². The average molecular weight is 353 g/mol. The van der Waals surface area contributed by atoms with Gasteiger partial charge in [0.05, 0.1) is 0 Å². The number of rotatable bonds is 4. The quantitative estimate of drug-likeness (QED) is 0.846. The van der Waals surface area contributed by atoms with Gasteiger partial charge in [-0.3, -0.25) is 4.79 Å². The average Bonchev–Trinajstić information content (AvgIpc) is 3.10. The molecular weight excluding hydrogens is 329 g/mol. The second-order valence-corrected chi connectivity index (χ2v) is 6.96. The molecule has 5 heteroatoms. The molecule has 4 nitrogen and oxygen atoms in total. The molecule has 0 radical (unpaired) electrons. The Bertz CT molecular complexity index is 769. The van der Waals surface area contributed by atoms with Gasteiger partial charge in [0.25, 0.3) is 0 Å². The summed E-state index contributed by atoms with van der Waals surface area (Å²) in [6.45, 7) is 4.84. The van der Waals surface area contributed by atoms with E-state index >= 15 is 0 Å². The van der Waals surface area contributed by atoms with E-state index in [0.717, 1.165) is 51.4 Å². The largest absolute Gasteiger partial charge is 0.370 e. The third-order valence-electron chi connectivity index (χ3n) is 5.40. The number of anilines is 2. The van der Waals surface area contributed by atoms with Crippen LogP contribution >= 0.6 is 0 Å². The first kappa shape index (κ1) is 16.9. The summed E-state index contributed by atoms with van der Waals surface area (Å²) in [6, 6.07) is 15.0. The molecule has 2 aromatic carbocycles. The highest BCUT2D eigenvalue weighted by molar-refractivity contribution is 5.77. The fourth-order valence-corrected chi connectivity index (χ4v) is 3.89. The number of carbonyl (C=O) groups is 1. The van der Waals surface area contributed by atoms with Crippen molar-refractivity contribution in [2.75, 3.05) is 49.1 Å². The van der Waals surface area contributed by atoms with E-state index in [-0.39, 0.29) is 11.7 Å². The van der Waals surface area contributed by atoms with E-state index in [9.17, 15) is 9.18 Å². The number of hydrogen-bond donors (Lipinski definition) is 0. The fraction of sp³-hybridized carbons (Fsp3) is 0.381. The van der Waals surface area contributed by atoms with Gasteiger partial charge in [0.15, 0.2) is 0 Å². The van der Waals surface area contributed by atoms with Crippen molar-refractivity contribution in [1.29, 1.82) is 0 Å². The number of halogens is 1. The van der Waals surface area contributed by atoms with Crippen molar-refractivity contribution in [2.24, 2.45) is 0 Å². The maximum atomic E-state index is 13.1. The van der Waals surface area contributed by atoms with E-state index < -0.39 is 0 Å². The Morgan fingerprint density at radius 2 is 1.65 bits per heavy atom. The number of benzene rings is 2. The molecule has 2 heterocycles. The molecule has 4 rings (SSSR count). The van der Waals surface area contributed by atoms with E-state index in [1.54, 1.807) is 12.1 Å². The number of fused-ring (bicyclic) bond motifs is 1. The summed E-state index contributed by atoms with van der Waals surface area (Å²) in [6.07, 6.45) is 1.63. The van der Waals surface area contributed by atoms with E-state index in [0.29, 0.717) is 6.42 Å². The van der Waals surface area contributed by atoms with Crippen LogP contribution in [-0.4, -0.2) is 50.1 Å². The van der Waals surface area contributed by atoms with Crippen LogP contribution in [0.25, 0.3) is 0 Å². The van der Waals surface area contributed by atoms with E-state index in [1.165, 1.54) is 23.4 Å². The van der Waals surface area contributed by atoms with Crippen molar-refractivity contribution in [2.45, 2.75) is 12.8 Å². The summed E-state index contributed by atoms with van der Waals surface area (Å²) in [4.78, 5) is 19.1. The maximum absolute atomic E-state index is 13.1. The third-order valence-corrected chi connectivity index (χ3v) is 5.40. The molecule has 2 aromatic rings. The lowest BCUT2D eigenvalue weighted by molar-refractivity contribution is -0.131. The first-order valence-electron chi connectivity index (χ1n) is 9.32. The number of piperazine rings is 1. The molecule has 2 aliphatic heterocycles. The van der Waals surface area contributed by atoms with Crippen LogP contribution < -0.4 is 9.80 Å². The molecule has 0 saturated carbocycles. The molecule has 0 spiro atoms. The number of amides is 1. The molecule has 1 fully saturated rings. The zero-order chi connectivity index (χ0) is 17.9. The molecule has 2 aliphatic rings. The van der Waals surface area contributed by atoms with Gasteiger partial charge in [0.2, 0.25) is 5.91 Å². The molecule has 26 heavy (non-hydrogen) atoms. The molecule has 0 unspecified atom stereocenters. The van der Waals surface area contributed by atoms with Gasteiger partial charge >= 0.3 is 0 Å². The number of nitrogens with zero attached hydrogens (tertiary/aromatic N) is 3. The minimum atomic E-state index is -0.217. The molecule has 0 bridgehead atoms. The van der Waals surface area contributed by atoms with E-state index in [2.05, 4.69) is 34.1 Å². The van der Waals surface area contributed by atoms with Crippen molar-refractivity contribution >= 4 is 17.3 Å². The van der Waals surface area contributed by atoms with Gasteiger partial charge in [-0.2, -0.15) is 0 Å². The topological polar surface area (TPSA) is 26.8 Å². The van der Waals surface area contributed by atoms with Crippen LogP contribution in [0.15, 0.2) is 48.5 Å². The van der Waals surface area contributed by atoms with Crippen LogP contribution in [-0.2, 0) is 11.2 Å². The van der Waals surface area contributed by atoms with Gasteiger partial charge in [-0.25, -0.2) is 4.39 Å². The SMILES string of the molecule is O=C(CCN1CCc2ccccc21)N1CCN(c2ccc(F)cc2)CC1. The Morgan fingerprint density at radius 3 is 2.42 bits per heavy atom. The van der Waals surface area contributed by atoms with Gasteiger partial charge in [0.1, 0.15) is 5.82 Å². The Morgan fingerprint density at radius 1 is 0.923 bits per heavy atom. The van der Waals surface area contributed by atoms with Gasteiger partial charge < -0.3 is 14.7 Å². The Kier molecular flexibility index (Phi) is 4.78. The van der Waals surface area contributed by atoms with Gasteiger partial charge in [0, 0.05) is 57.1 Å². The minimum Gasteiger partial charge on any atom is -0.370 e. The van der Waals surface area contributed by atoms with Crippen molar-refractivity contribution < 1.29 is 9.18 Å². The number of hydrogen-bond acceptors (Lipinski definition) is 3. The zero-order valence-corrected chi connectivity index (χ0v) is 14.9. The number of para-hydroxylation sites is 1. The molecule has 0 N–H and O–H groups in total. The van der Waals surface area contributed by atoms with Crippen molar-refractivity contribution in [3.05, 3.63) is 59.9 Å². The lowest BCUT2D eigenvalue weighted by atomic mass is 10.2. The Labute approximate surface area is 153 Å². The molecule has 0 aromatic heterocycles. The Balaban J connectivity index is 1.27. The molecule has 0 aliphatic carbocycles. The number of carbonyl (C=O) groups excluding carboxylic acids is 1. The van der Waals surface area contributed by atoms with Crippen molar-refractivity contribution in [1.82, 2.24) is 4.90 Å². The van der Waals surface area contributed by atoms with Gasteiger partial charge in [-0.15, -0.1) is 0 Å². The highest BCUT2D eigenvalue weighted by Crippen LogP contribution is 2.27. The summed E-state index contributed by atoms with van der Waals surface area (Å²) in [5, 5.41) is 0. The minimum absolute atomic E-state index is 0.217. The standard InChI is InChI=1S/C21H24FN3O/c22-18-5-7-19(8-6-18)23-13-15-25(16-14-23)21(26)10-12-24-11-9-17-3-1-2-4-20(17)24/h1-8H,9-16H2. The fourth-order valence-electron chi connectivity index (χ4n) is 3.89. The van der Waals surface area contributed by atoms with Crippen LogP contribution in [0, 0.1) is 5.82 Å². The highest BCUT2D eigenvalue weighted by Gasteiger charge is 2.23. The summed E-state index contributed by atoms with van der Waals surface area (Å²) >= 11 is 0. The van der Waals surface area contributed by atoms with Crippen LogP contribution in [0.1, 0.15) is 12.0 Å². The van der Waals surface area contributed by atoms with Gasteiger partial charge in [-0.05, 0) is 42.3 Å². The molecule has 1 saturated heterocycles. The smallest absolute Gasteiger partial charge is 0.224 e.